The van der Waals surface area contributed by atoms with E-state index in [0.29, 0.717) is 23.0 Å². The average Bonchev–Trinajstić information content (AvgIpc) is 3.36. The van der Waals surface area contributed by atoms with Crippen LogP contribution in [0.15, 0.2) is 48.5 Å². The molecular formula is C27H28N2O6. The molecule has 2 heterocycles. The number of benzene rings is 2. The van der Waals surface area contributed by atoms with Gasteiger partial charge in [0.2, 0.25) is 17.7 Å². The van der Waals surface area contributed by atoms with Crippen LogP contribution in [0.25, 0.3) is 0 Å². The van der Waals surface area contributed by atoms with Gasteiger partial charge in [-0.2, -0.15) is 0 Å². The number of hydrogen-bond donors (Lipinski definition) is 0. The molecule has 0 N–H and O–H groups in total. The van der Waals surface area contributed by atoms with Crippen LogP contribution in [0, 0.1) is 23.7 Å². The highest BCUT2D eigenvalue weighted by Crippen LogP contribution is 2.42. The van der Waals surface area contributed by atoms with Crippen molar-refractivity contribution in [1.82, 2.24) is 0 Å². The number of carbonyl (C=O) groups excluding carboxylic acids is 4. The van der Waals surface area contributed by atoms with Crippen molar-refractivity contribution < 1.29 is 28.7 Å². The Morgan fingerprint density at radius 3 is 2.54 bits per heavy atom. The van der Waals surface area contributed by atoms with Crippen molar-refractivity contribution in [2.24, 2.45) is 23.7 Å². The first-order valence-corrected chi connectivity index (χ1v) is 12.0. The number of para-hydroxylation sites is 2. The molecule has 2 saturated heterocycles. The van der Waals surface area contributed by atoms with Crippen LogP contribution >= 0.6 is 0 Å². The highest BCUT2D eigenvalue weighted by molar-refractivity contribution is 6.22. The number of anilines is 2. The summed E-state index contributed by atoms with van der Waals surface area (Å²) in [6.45, 7) is 2.29. The number of imide groups is 1. The molecule has 0 unspecified atom stereocenters. The Morgan fingerprint density at radius 2 is 1.74 bits per heavy atom. The van der Waals surface area contributed by atoms with Crippen LogP contribution < -0.4 is 19.3 Å². The predicted molar refractivity (Wildman–Crippen MR) is 128 cm³/mol. The molecule has 2 aromatic rings. The van der Waals surface area contributed by atoms with Crippen molar-refractivity contribution >= 4 is 35.1 Å². The summed E-state index contributed by atoms with van der Waals surface area (Å²) >= 11 is 0. The van der Waals surface area contributed by atoms with Gasteiger partial charge in [0.05, 0.1) is 36.2 Å². The molecule has 0 aromatic heterocycles. The smallest absolute Gasteiger partial charge is 0.316 e. The number of carbonyl (C=O) groups is 4. The van der Waals surface area contributed by atoms with Gasteiger partial charge in [0, 0.05) is 19.0 Å². The predicted octanol–water partition coefficient (Wildman–Crippen LogP) is 3.58. The summed E-state index contributed by atoms with van der Waals surface area (Å²) in [5, 5.41) is 0. The molecule has 1 aliphatic carbocycles. The monoisotopic (exact) mass is 476 g/mol. The Bertz CT molecular complexity index is 1190. The zero-order valence-electron chi connectivity index (χ0n) is 19.8. The molecule has 3 amide bonds. The van der Waals surface area contributed by atoms with Gasteiger partial charge in [0.1, 0.15) is 11.5 Å². The second-order valence-electron chi connectivity index (χ2n) is 9.64. The fraction of sp³-hybridized carbons (Fsp3) is 0.407. The van der Waals surface area contributed by atoms with E-state index in [1.807, 2.05) is 6.07 Å². The molecule has 3 aliphatic rings. The maximum atomic E-state index is 13.0. The van der Waals surface area contributed by atoms with Crippen LogP contribution in [0.4, 0.5) is 11.4 Å². The summed E-state index contributed by atoms with van der Waals surface area (Å²) < 4.78 is 10.9. The van der Waals surface area contributed by atoms with Gasteiger partial charge in [-0.05, 0) is 49.4 Å². The molecule has 3 fully saturated rings. The van der Waals surface area contributed by atoms with Gasteiger partial charge in [-0.3, -0.25) is 19.2 Å². The Morgan fingerprint density at radius 1 is 0.971 bits per heavy atom. The third kappa shape index (κ3) is 4.17. The minimum Gasteiger partial charge on any atom is -0.495 e. The first-order chi connectivity index (χ1) is 16.9. The fourth-order valence-corrected chi connectivity index (χ4v) is 5.48. The number of hydrogen-bond acceptors (Lipinski definition) is 6. The van der Waals surface area contributed by atoms with E-state index in [0.717, 1.165) is 19.3 Å². The van der Waals surface area contributed by atoms with Crippen LogP contribution in [0.1, 0.15) is 32.6 Å². The lowest BCUT2D eigenvalue weighted by Gasteiger charge is -2.25. The third-order valence-corrected chi connectivity index (χ3v) is 7.32. The molecular weight excluding hydrogens is 448 g/mol. The minimum absolute atomic E-state index is 0.0290. The average molecular weight is 477 g/mol. The maximum Gasteiger partial charge on any atom is 0.316 e. The van der Waals surface area contributed by atoms with Crippen LogP contribution in [-0.2, 0) is 19.2 Å². The largest absolute Gasteiger partial charge is 0.495 e. The molecule has 8 nitrogen and oxygen atoms in total. The van der Waals surface area contributed by atoms with Gasteiger partial charge in [-0.1, -0.05) is 25.1 Å². The fourth-order valence-electron chi connectivity index (χ4n) is 5.48. The van der Waals surface area contributed by atoms with E-state index < -0.39 is 11.9 Å². The van der Waals surface area contributed by atoms with E-state index >= 15 is 0 Å². The van der Waals surface area contributed by atoms with Gasteiger partial charge >= 0.3 is 5.97 Å². The first-order valence-electron chi connectivity index (χ1n) is 12.0. The molecule has 5 rings (SSSR count). The highest BCUT2D eigenvalue weighted by Gasteiger charge is 2.50. The van der Waals surface area contributed by atoms with Crippen LogP contribution in [0.2, 0.25) is 0 Å². The van der Waals surface area contributed by atoms with Gasteiger partial charge in [0.15, 0.2) is 0 Å². The second-order valence-corrected chi connectivity index (χ2v) is 9.64. The quantitative estimate of drug-likeness (QED) is 0.372. The molecule has 1 saturated carbocycles. The molecule has 182 valence electrons. The summed E-state index contributed by atoms with van der Waals surface area (Å²) in [6, 6.07) is 13.6. The van der Waals surface area contributed by atoms with Crippen molar-refractivity contribution in [2.45, 2.75) is 32.6 Å². The number of nitrogens with zero attached hydrogens (tertiary/aromatic N) is 2. The number of methoxy groups -OCH3 is 1. The summed E-state index contributed by atoms with van der Waals surface area (Å²) in [5.41, 5.74) is 1.02. The van der Waals surface area contributed by atoms with Crippen LogP contribution in [0.3, 0.4) is 0 Å². The normalized spacial score (nSPS) is 26.2. The highest BCUT2D eigenvalue weighted by atomic mass is 16.5. The summed E-state index contributed by atoms with van der Waals surface area (Å²) in [6.07, 6.45) is 2.41. The second kappa shape index (κ2) is 9.17. The summed E-state index contributed by atoms with van der Waals surface area (Å²) in [7, 11) is 1.53. The number of fused-ring (bicyclic) bond motifs is 1. The SMILES string of the molecule is COc1ccccc1N1C[C@H](C(=O)Oc2cccc(N3C(=O)[C@H]4C[C@@H](C)CC[C@H]4C3=O)c2)CC1=O. The molecule has 8 heteroatoms. The lowest BCUT2D eigenvalue weighted by atomic mass is 9.76. The number of esters is 1. The van der Waals surface area contributed by atoms with Crippen molar-refractivity contribution in [2.75, 3.05) is 23.5 Å². The molecule has 0 bridgehead atoms. The molecule has 0 radical (unpaired) electrons. The van der Waals surface area contributed by atoms with E-state index in [4.69, 9.17) is 9.47 Å². The lowest BCUT2D eigenvalue weighted by Crippen LogP contribution is -2.31. The third-order valence-electron chi connectivity index (χ3n) is 7.32. The lowest BCUT2D eigenvalue weighted by molar-refractivity contribution is -0.139. The van der Waals surface area contributed by atoms with E-state index in [9.17, 15) is 19.2 Å². The minimum atomic E-state index is -0.643. The van der Waals surface area contributed by atoms with Gasteiger partial charge in [-0.25, -0.2) is 4.90 Å². The van der Waals surface area contributed by atoms with E-state index in [1.165, 1.54) is 16.9 Å². The van der Waals surface area contributed by atoms with Gasteiger partial charge in [0.25, 0.3) is 0 Å². The van der Waals surface area contributed by atoms with Crippen molar-refractivity contribution in [1.29, 1.82) is 0 Å². The van der Waals surface area contributed by atoms with Crippen molar-refractivity contribution in [3.8, 4) is 11.5 Å². The number of ether oxygens (including phenoxy) is 2. The first kappa shape index (κ1) is 23.1. The summed E-state index contributed by atoms with van der Waals surface area (Å²) in [4.78, 5) is 54.4. The Hall–Kier alpha value is -3.68. The molecule has 35 heavy (non-hydrogen) atoms. The standard InChI is InChI=1S/C27H28N2O6/c1-16-10-11-20-21(12-16)26(32)29(25(20)31)18-6-5-7-19(14-18)35-27(33)17-13-24(30)28(15-17)22-8-3-4-9-23(22)34-2/h3-9,14,16-17,20-21H,10-13,15H2,1-2H3/t16-,17+,20+,21-/m0/s1. The van der Waals surface area contributed by atoms with E-state index in [1.54, 1.807) is 42.5 Å². The number of rotatable bonds is 5. The van der Waals surface area contributed by atoms with Gasteiger partial charge < -0.3 is 14.4 Å². The van der Waals surface area contributed by atoms with Crippen LogP contribution in [0.5, 0.6) is 11.5 Å². The van der Waals surface area contributed by atoms with Crippen molar-refractivity contribution in [3.05, 3.63) is 48.5 Å². The number of amides is 3. The zero-order valence-corrected chi connectivity index (χ0v) is 19.8. The van der Waals surface area contributed by atoms with Gasteiger partial charge in [-0.15, -0.1) is 0 Å². The zero-order chi connectivity index (χ0) is 24.7. The van der Waals surface area contributed by atoms with Crippen molar-refractivity contribution in [3.63, 3.8) is 0 Å². The molecule has 2 aromatic carbocycles. The Labute approximate surface area is 203 Å². The van der Waals surface area contributed by atoms with Crippen LogP contribution in [-0.4, -0.2) is 37.3 Å². The van der Waals surface area contributed by atoms with E-state index in [-0.39, 0.29) is 48.3 Å². The molecule has 4 atom stereocenters. The topological polar surface area (TPSA) is 93.2 Å². The van der Waals surface area contributed by atoms with E-state index in [2.05, 4.69) is 6.92 Å². The summed E-state index contributed by atoms with van der Waals surface area (Å²) in [5.74, 6) is -1.05. The maximum absolute atomic E-state index is 13.0. The Kier molecular flexibility index (Phi) is 6.05. The Balaban J connectivity index is 1.30. The molecule has 0 spiro atoms. The molecule has 2 aliphatic heterocycles.